The van der Waals surface area contributed by atoms with E-state index < -0.39 is 0 Å². The fourth-order valence-electron chi connectivity index (χ4n) is 1.63. The minimum absolute atomic E-state index is 0.0150. The smallest absolute Gasteiger partial charge is 0.223 e. The third-order valence-electron chi connectivity index (χ3n) is 2.30. The Balaban J connectivity index is 2.21. The first-order valence-electron chi connectivity index (χ1n) is 5.38. The lowest BCUT2D eigenvalue weighted by atomic mass is 10.1. The van der Waals surface area contributed by atoms with Gasteiger partial charge in [0.05, 0.1) is 5.69 Å². The number of fused-ring (bicyclic) bond motifs is 1. The van der Waals surface area contributed by atoms with Gasteiger partial charge >= 0.3 is 0 Å². The molecule has 0 aliphatic carbocycles. The van der Waals surface area contributed by atoms with Gasteiger partial charge in [0.15, 0.2) is 0 Å². The zero-order valence-corrected chi connectivity index (χ0v) is 9.59. The lowest BCUT2D eigenvalue weighted by Crippen LogP contribution is -2.29. The molecule has 0 unspecified atom stereocenters. The van der Waals surface area contributed by atoms with Crippen molar-refractivity contribution in [2.75, 3.05) is 11.9 Å². The molecular formula is C11H18N4. The zero-order chi connectivity index (χ0) is 10.9. The summed E-state index contributed by atoms with van der Waals surface area (Å²) in [4.78, 5) is 8.85. The second-order valence-electron chi connectivity index (χ2n) is 4.97. The summed E-state index contributed by atoms with van der Waals surface area (Å²) in [5, 5.41) is 6.60. The summed E-state index contributed by atoms with van der Waals surface area (Å²) in [6.07, 6.45) is 2.92. The predicted octanol–water partition coefficient (Wildman–Crippen LogP) is 1.33. The van der Waals surface area contributed by atoms with E-state index in [9.17, 15) is 0 Å². The third kappa shape index (κ3) is 2.65. The standard InChI is InChI=1S/C11H18N4/c1-11(2,3)15-10-13-7-8-6-12-5-4-9(8)14-10/h7,12H,4-6H2,1-3H3,(H,13,14,15). The van der Waals surface area contributed by atoms with Gasteiger partial charge in [0.1, 0.15) is 0 Å². The van der Waals surface area contributed by atoms with Crippen LogP contribution in [0.25, 0.3) is 0 Å². The minimum atomic E-state index is 0.0150. The maximum Gasteiger partial charge on any atom is 0.223 e. The maximum absolute atomic E-state index is 4.54. The second-order valence-corrected chi connectivity index (χ2v) is 4.97. The van der Waals surface area contributed by atoms with E-state index in [2.05, 4.69) is 41.4 Å². The van der Waals surface area contributed by atoms with Crippen molar-refractivity contribution >= 4 is 5.95 Å². The molecule has 0 fully saturated rings. The summed E-state index contributed by atoms with van der Waals surface area (Å²) < 4.78 is 0. The summed E-state index contributed by atoms with van der Waals surface area (Å²) in [6, 6.07) is 0. The van der Waals surface area contributed by atoms with Crippen molar-refractivity contribution in [3.05, 3.63) is 17.5 Å². The first-order chi connectivity index (χ1) is 7.04. The Morgan fingerprint density at radius 1 is 1.40 bits per heavy atom. The van der Waals surface area contributed by atoms with Crippen LogP contribution in [-0.4, -0.2) is 22.1 Å². The van der Waals surface area contributed by atoms with Crippen molar-refractivity contribution < 1.29 is 0 Å². The zero-order valence-electron chi connectivity index (χ0n) is 9.59. The average Bonchev–Trinajstić information content (AvgIpc) is 2.15. The third-order valence-corrected chi connectivity index (χ3v) is 2.30. The molecule has 0 saturated carbocycles. The van der Waals surface area contributed by atoms with Crippen LogP contribution in [0.3, 0.4) is 0 Å². The Hall–Kier alpha value is -1.16. The highest BCUT2D eigenvalue weighted by atomic mass is 15.1. The topological polar surface area (TPSA) is 49.8 Å². The van der Waals surface area contributed by atoms with Gasteiger partial charge in [-0.15, -0.1) is 0 Å². The quantitative estimate of drug-likeness (QED) is 0.728. The molecular weight excluding hydrogens is 188 g/mol. The van der Waals surface area contributed by atoms with Gasteiger partial charge in [0.2, 0.25) is 5.95 Å². The van der Waals surface area contributed by atoms with Crippen LogP contribution in [0.1, 0.15) is 32.0 Å². The number of hydrogen-bond acceptors (Lipinski definition) is 4. The van der Waals surface area contributed by atoms with E-state index in [1.165, 1.54) is 11.3 Å². The first kappa shape index (κ1) is 10.4. The molecule has 2 rings (SSSR count). The van der Waals surface area contributed by atoms with E-state index >= 15 is 0 Å². The summed E-state index contributed by atoms with van der Waals surface area (Å²) >= 11 is 0. The highest BCUT2D eigenvalue weighted by Crippen LogP contribution is 2.14. The van der Waals surface area contributed by atoms with Gasteiger partial charge in [0, 0.05) is 36.8 Å². The molecule has 1 aliphatic heterocycles. The highest BCUT2D eigenvalue weighted by molar-refractivity contribution is 5.32. The van der Waals surface area contributed by atoms with Crippen LogP contribution in [0, 0.1) is 0 Å². The van der Waals surface area contributed by atoms with Crippen molar-refractivity contribution in [3.8, 4) is 0 Å². The van der Waals surface area contributed by atoms with E-state index in [-0.39, 0.29) is 5.54 Å². The molecule has 0 amide bonds. The minimum Gasteiger partial charge on any atom is -0.350 e. The molecule has 4 heteroatoms. The summed E-state index contributed by atoms with van der Waals surface area (Å²) in [6.45, 7) is 8.23. The van der Waals surface area contributed by atoms with E-state index in [1.807, 2.05) is 6.20 Å². The van der Waals surface area contributed by atoms with Gasteiger partial charge in [-0.05, 0) is 20.8 Å². The van der Waals surface area contributed by atoms with E-state index in [4.69, 9.17) is 0 Å². The summed E-state index contributed by atoms with van der Waals surface area (Å²) in [7, 11) is 0. The summed E-state index contributed by atoms with van der Waals surface area (Å²) in [5.41, 5.74) is 2.41. The van der Waals surface area contributed by atoms with Crippen molar-refractivity contribution in [2.24, 2.45) is 0 Å². The van der Waals surface area contributed by atoms with Gasteiger partial charge in [-0.3, -0.25) is 0 Å². The van der Waals surface area contributed by atoms with E-state index in [0.717, 1.165) is 25.5 Å². The maximum atomic E-state index is 4.54. The van der Waals surface area contributed by atoms with Gasteiger partial charge < -0.3 is 10.6 Å². The molecule has 0 bridgehead atoms. The van der Waals surface area contributed by atoms with Crippen molar-refractivity contribution in [1.82, 2.24) is 15.3 Å². The van der Waals surface area contributed by atoms with E-state index in [0.29, 0.717) is 0 Å². The number of nitrogens with one attached hydrogen (secondary N) is 2. The molecule has 2 N–H and O–H groups in total. The van der Waals surface area contributed by atoms with Crippen molar-refractivity contribution in [2.45, 2.75) is 39.3 Å². The molecule has 0 atom stereocenters. The number of aromatic nitrogens is 2. The Labute approximate surface area is 90.5 Å². The fraction of sp³-hybridized carbons (Fsp3) is 0.636. The number of rotatable bonds is 1. The monoisotopic (exact) mass is 206 g/mol. The highest BCUT2D eigenvalue weighted by Gasteiger charge is 2.14. The fourth-order valence-corrected chi connectivity index (χ4v) is 1.63. The van der Waals surface area contributed by atoms with Crippen LogP contribution in [0.4, 0.5) is 5.95 Å². The lowest BCUT2D eigenvalue weighted by molar-refractivity contribution is 0.608. The van der Waals surface area contributed by atoms with E-state index in [1.54, 1.807) is 0 Å². The van der Waals surface area contributed by atoms with Crippen LogP contribution in [-0.2, 0) is 13.0 Å². The predicted molar refractivity (Wildman–Crippen MR) is 60.8 cm³/mol. The molecule has 4 nitrogen and oxygen atoms in total. The molecule has 0 spiro atoms. The Bertz CT molecular complexity index is 354. The summed E-state index contributed by atoms with van der Waals surface area (Å²) in [5.74, 6) is 0.739. The molecule has 0 saturated heterocycles. The number of nitrogens with zero attached hydrogens (tertiary/aromatic N) is 2. The van der Waals surface area contributed by atoms with Gasteiger partial charge in [-0.2, -0.15) is 0 Å². The number of anilines is 1. The molecule has 1 aromatic heterocycles. The normalized spacial score (nSPS) is 15.9. The SMILES string of the molecule is CC(C)(C)Nc1ncc2c(n1)CCNC2. The van der Waals surface area contributed by atoms with Crippen LogP contribution in [0.15, 0.2) is 6.20 Å². The van der Waals surface area contributed by atoms with Gasteiger partial charge in [-0.25, -0.2) is 9.97 Å². The molecule has 1 aromatic rings. The van der Waals surface area contributed by atoms with Crippen LogP contribution < -0.4 is 10.6 Å². The van der Waals surface area contributed by atoms with Crippen molar-refractivity contribution in [3.63, 3.8) is 0 Å². The number of hydrogen-bond donors (Lipinski definition) is 2. The lowest BCUT2D eigenvalue weighted by Gasteiger charge is -2.22. The molecule has 1 aliphatic rings. The van der Waals surface area contributed by atoms with Crippen LogP contribution in [0.2, 0.25) is 0 Å². The Kier molecular flexibility index (Phi) is 2.61. The Morgan fingerprint density at radius 2 is 2.20 bits per heavy atom. The van der Waals surface area contributed by atoms with Gasteiger partial charge in [0.25, 0.3) is 0 Å². The second kappa shape index (κ2) is 3.77. The molecule has 82 valence electrons. The van der Waals surface area contributed by atoms with Crippen molar-refractivity contribution in [1.29, 1.82) is 0 Å². The van der Waals surface area contributed by atoms with Gasteiger partial charge in [-0.1, -0.05) is 0 Å². The van der Waals surface area contributed by atoms with Crippen LogP contribution >= 0.6 is 0 Å². The Morgan fingerprint density at radius 3 is 2.93 bits per heavy atom. The molecule has 15 heavy (non-hydrogen) atoms. The largest absolute Gasteiger partial charge is 0.350 e. The average molecular weight is 206 g/mol. The first-order valence-corrected chi connectivity index (χ1v) is 5.38. The molecule has 0 radical (unpaired) electrons. The molecule has 0 aromatic carbocycles. The molecule has 2 heterocycles. The van der Waals surface area contributed by atoms with Crippen LogP contribution in [0.5, 0.6) is 0 Å².